The average molecular weight is 294 g/mol. The Morgan fingerprint density at radius 2 is 1.95 bits per heavy atom. The first-order valence-corrected chi connectivity index (χ1v) is 6.59. The molecule has 1 unspecified atom stereocenters. The quantitative estimate of drug-likeness (QED) is 0.840. The Labute approximate surface area is 122 Å². The number of nitrogens with one attached hydrogen (secondary N) is 2. The summed E-state index contributed by atoms with van der Waals surface area (Å²) in [6.45, 7) is 3.73. The summed E-state index contributed by atoms with van der Waals surface area (Å²) in [6, 6.07) is 4.57. The van der Waals surface area contributed by atoms with Gasteiger partial charge in [0, 0.05) is 5.70 Å². The minimum absolute atomic E-state index is 0.0619. The third kappa shape index (κ3) is 3.04. The number of ether oxygens (including phenoxy) is 1. The molecule has 1 aliphatic heterocycles. The Kier molecular flexibility index (Phi) is 4.26. The van der Waals surface area contributed by atoms with Gasteiger partial charge in [-0.3, -0.25) is 0 Å². The maximum absolute atomic E-state index is 13.1. The molecule has 0 bridgehead atoms. The van der Waals surface area contributed by atoms with Crippen molar-refractivity contribution >= 4 is 12.0 Å². The number of halogens is 1. The zero-order chi connectivity index (χ0) is 15.6. The first kappa shape index (κ1) is 15.0. The van der Waals surface area contributed by atoms with Crippen molar-refractivity contribution in [2.24, 2.45) is 5.92 Å². The van der Waals surface area contributed by atoms with Gasteiger partial charge in [0.1, 0.15) is 5.82 Å². The minimum atomic E-state index is -0.663. The van der Waals surface area contributed by atoms with E-state index in [1.54, 1.807) is 0 Å². The molecule has 112 valence electrons. The zero-order valence-corrected chi connectivity index (χ0v) is 12.1. The molecule has 1 aliphatic rings. The van der Waals surface area contributed by atoms with Crippen LogP contribution in [0.5, 0.6) is 0 Å². The van der Waals surface area contributed by atoms with E-state index in [1.807, 2.05) is 13.8 Å². The number of esters is 1. The predicted molar refractivity (Wildman–Crippen MR) is 74.7 cm³/mol. The molecule has 2 amide bonds. The highest BCUT2D eigenvalue weighted by molar-refractivity contribution is 5.95. The molecule has 1 heterocycles. The van der Waals surface area contributed by atoms with E-state index in [2.05, 4.69) is 10.6 Å². The summed E-state index contributed by atoms with van der Waals surface area (Å²) < 4.78 is 17.9. The number of carbonyl (C=O) groups excluding carboxylic acids is 2. The monoisotopic (exact) mass is 294 g/mol. The van der Waals surface area contributed by atoms with Gasteiger partial charge in [0.15, 0.2) is 0 Å². The molecule has 5 nitrogen and oxygen atoms in total. The smallest absolute Gasteiger partial charge is 0.337 e. The molecule has 1 aromatic carbocycles. The highest BCUT2D eigenvalue weighted by Gasteiger charge is 2.34. The van der Waals surface area contributed by atoms with Crippen molar-refractivity contribution in [3.8, 4) is 0 Å². The highest BCUT2D eigenvalue weighted by Crippen LogP contribution is 2.30. The normalized spacial score (nSPS) is 18.3. The van der Waals surface area contributed by atoms with Crippen molar-refractivity contribution in [1.29, 1.82) is 0 Å². The summed E-state index contributed by atoms with van der Waals surface area (Å²) in [4.78, 5) is 23.9. The van der Waals surface area contributed by atoms with Crippen LogP contribution in [0.25, 0.3) is 0 Å². The van der Waals surface area contributed by atoms with E-state index in [0.29, 0.717) is 16.8 Å². The molecule has 21 heavy (non-hydrogen) atoms. The van der Waals surface area contributed by atoms with Crippen LogP contribution in [-0.2, 0) is 9.53 Å². The van der Waals surface area contributed by atoms with E-state index in [1.165, 1.54) is 31.4 Å². The Bertz CT molecular complexity index is 593. The van der Waals surface area contributed by atoms with Crippen LogP contribution in [0.1, 0.15) is 25.5 Å². The average Bonchev–Trinajstić information content (AvgIpc) is 2.46. The fourth-order valence-corrected chi connectivity index (χ4v) is 2.28. The zero-order valence-electron chi connectivity index (χ0n) is 12.1. The number of hydrogen-bond acceptors (Lipinski definition) is 3. The van der Waals surface area contributed by atoms with Crippen molar-refractivity contribution in [3.63, 3.8) is 0 Å². The van der Waals surface area contributed by atoms with Gasteiger partial charge in [0.2, 0.25) is 0 Å². The molecular formula is C15H17FN2O3. The van der Waals surface area contributed by atoms with Crippen LogP contribution in [0.15, 0.2) is 35.5 Å². The van der Waals surface area contributed by atoms with E-state index in [-0.39, 0.29) is 11.7 Å². The van der Waals surface area contributed by atoms with Crippen LogP contribution < -0.4 is 10.6 Å². The largest absolute Gasteiger partial charge is 0.466 e. The number of urea groups is 1. The van der Waals surface area contributed by atoms with Gasteiger partial charge in [-0.25, -0.2) is 14.0 Å². The number of allylic oxidation sites excluding steroid dienone is 1. The summed E-state index contributed by atoms with van der Waals surface area (Å²) in [5, 5.41) is 5.32. The summed E-state index contributed by atoms with van der Waals surface area (Å²) in [7, 11) is 1.28. The summed E-state index contributed by atoms with van der Waals surface area (Å²) >= 11 is 0. The molecule has 0 aliphatic carbocycles. The van der Waals surface area contributed by atoms with Crippen LogP contribution in [0.2, 0.25) is 0 Å². The van der Waals surface area contributed by atoms with Crippen molar-refractivity contribution < 1.29 is 18.7 Å². The fraction of sp³-hybridized carbons (Fsp3) is 0.333. The van der Waals surface area contributed by atoms with E-state index >= 15 is 0 Å². The van der Waals surface area contributed by atoms with Gasteiger partial charge in [-0.1, -0.05) is 26.0 Å². The van der Waals surface area contributed by atoms with Gasteiger partial charge in [-0.2, -0.15) is 0 Å². The summed E-state index contributed by atoms with van der Waals surface area (Å²) in [5.41, 5.74) is 1.46. The maximum Gasteiger partial charge on any atom is 0.337 e. The lowest BCUT2D eigenvalue weighted by Gasteiger charge is -2.30. The third-order valence-corrected chi connectivity index (χ3v) is 3.29. The second kappa shape index (κ2) is 5.95. The fourth-order valence-electron chi connectivity index (χ4n) is 2.28. The lowest BCUT2D eigenvalue weighted by Crippen LogP contribution is -2.47. The molecule has 0 aromatic heterocycles. The van der Waals surface area contributed by atoms with Gasteiger partial charge in [-0.05, 0) is 23.6 Å². The van der Waals surface area contributed by atoms with Gasteiger partial charge in [-0.15, -0.1) is 0 Å². The number of rotatable bonds is 3. The molecule has 0 radical (unpaired) electrons. The van der Waals surface area contributed by atoms with E-state index in [4.69, 9.17) is 4.74 Å². The van der Waals surface area contributed by atoms with Crippen LogP contribution >= 0.6 is 0 Å². The summed E-state index contributed by atoms with van der Waals surface area (Å²) in [5.74, 6) is -0.972. The van der Waals surface area contributed by atoms with Crippen LogP contribution in [-0.4, -0.2) is 19.1 Å². The van der Waals surface area contributed by atoms with Gasteiger partial charge in [0.25, 0.3) is 0 Å². The second-order valence-electron chi connectivity index (χ2n) is 5.06. The topological polar surface area (TPSA) is 67.4 Å². The molecule has 6 heteroatoms. The van der Waals surface area contributed by atoms with Crippen molar-refractivity contribution in [1.82, 2.24) is 10.6 Å². The number of hydrogen-bond donors (Lipinski definition) is 2. The first-order chi connectivity index (χ1) is 9.93. The molecular weight excluding hydrogens is 277 g/mol. The molecule has 2 rings (SSSR count). The Morgan fingerprint density at radius 3 is 2.48 bits per heavy atom. The minimum Gasteiger partial charge on any atom is -0.466 e. The predicted octanol–water partition coefficient (Wildman–Crippen LogP) is 2.26. The number of carbonyl (C=O) groups is 2. The molecule has 0 saturated heterocycles. The SMILES string of the molecule is COC(=O)C1=C(C(C)C)N[14C](=O)NC1c1ccc(F)cc1. The number of methoxy groups -OCH3 is 1. The van der Waals surface area contributed by atoms with E-state index < -0.39 is 18.0 Å². The van der Waals surface area contributed by atoms with Gasteiger partial charge in [0.05, 0.1) is 18.7 Å². The van der Waals surface area contributed by atoms with Crippen molar-refractivity contribution in [2.45, 2.75) is 19.9 Å². The lowest BCUT2D eigenvalue weighted by molar-refractivity contribution is -0.136. The summed E-state index contributed by atoms with van der Waals surface area (Å²) in [6.07, 6.45) is 0. The lowest BCUT2D eigenvalue weighted by atomic mass is 9.93. The first-order valence-electron chi connectivity index (χ1n) is 6.59. The molecule has 0 saturated carbocycles. The number of amides is 2. The van der Waals surface area contributed by atoms with Crippen LogP contribution in [0.4, 0.5) is 9.18 Å². The number of benzene rings is 1. The molecule has 2 N–H and O–H groups in total. The van der Waals surface area contributed by atoms with Crippen molar-refractivity contribution in [3.05, 3.63) is 46.9 Å². The molecule has 0 fully saturated rings. The Morgan fingerprint density at radius 1 is 1.33 bits per heavy atom. The molecule has 0 spiro atoms. The van der Waals surface area contributed by atoms with Gasteiger partial charge < -0.3 is 15.4 Å². The molecule has 1 aromatic rings. The maximum atomic E-state index is 13.1. The van der Waals surface area contributed by atoms with Crippen molar-refractivity contribution in [2.75, 3.05) is 7.11 Å². The van der Waals surface area contributed by atoms with E-state index in [0.717, 1.165) is 0 Å². The van der Waals surface area contributed by atoms with Gasteiger partial charge >= 0.3 is 12.0 Å². The van der Waals surface area contributed by atoms with Crippen LogP contribution in [0.3, 0.4) is 0 Å². The Hall–Kier alpha value is -2.37. The molecule has 1 atom stereocenters. The second-order valence-corrected chi connectivity index (χ2v) is 5.06. The third-order valence-electron chi connectivity index (χ3n) is 3.29. The highest BCUT2D eigenvalue weighted by atomic mass is 19.1. The Balaban J connectivity index is 2.54. The van der Waals surface area contributed by atoms with E-state index in [9.17, 15) is 14.0 Å². The standard InChI is InChI=1S/C15H17FN2O3/c1-8(2)12-11(14(19)21-3)13(18-15(20)17-12)9-4-6-10(16)7-5-9/h4-8,13H,1-3H3,(H2,17,18,20)/i15+2. The van der Waals surface area contributed by atoms with Crippen LogP contribution in [0, 0.1) is 11.7 Å².